The molecule has 0 aliphatic carbocycles. The summed E-state index contributed by atoms with van der Waals surface area (Å²) in [4.78, 5) is 7.26. The molecule has 0 amide bonds. The summed E-state index contributed by atoms with van der Waals surface area (Å²) in [7, 11) is 0. The molecular formula is C12H18N2O. The highest BCUT2D eigenvalue weighted by atomic mass is 16.6. The molecule has 0 aromatic heterocycles. The van der Waals surface area contributed by atoms with Crippen molar-refractivity contribution in [3.8, 4) is 0 Å². The fraction of sp³-hybridized carbons (Fsp3) is 0.500. The second-order valence-corrected chi connectivity index (χ2v) is 4.18. The van der Waals surface area contributed by atoms with E-state index < -0.39 is 0 Å². The molecule has 1 unspecified atom stereocenters. The molecule has 2 rings (SSSR count). The van der Waals surface area contributed by atoms with Gasteiger partial charge in [0, 0.05) is 18.8 Å². The molecule has 0 saturated carbocycles. The van der Waals surface area contributed by atoms with Gasteiger partial charge in [-0.2, -0.15) is 0 Å². The SMILES string of the molecule is Cc1ccc(N2CCCC(ON)C2)cc1. The average molecular weight is 206 g/mol. The number of anilines is 1. The van der Waals surface area contributed by atoms with Gasteiger partial charge in [0.1, 0.15) is 0 Å². The third kappa shape index (κ3) is 2.49. The zero-order valence-electron chi connectivity index (χ0n) is 9.15. The Morgan fingerprint density at radius 2 is 2.07 bits per heavy atom. The molecule has 1 fully saturated rings. The molecule has 1 aromatic rings. The van der Waals surface area contributed by atoms with Crippen molar-refractivity contribution in [2.45, 2.75) is 25.9 Å². The van der Waals surface area contributed by atoms with Gasteiger partial charge in [-0.1, -0.05) is 17.7 Å². The number of hydrogen-bond acceptors (Lipinski definition) is 3. The minimum Gasteiger partial charge on any atom is -0.369 e. The molecule has 3 heteroatoms. The highest BCUT2D eigenvalue weighted by Crippen LogP contribution is 2.20. The van der Waals surface area contributed by atoms with E-state index in [1.165, 1.54) is 11.3 Å². The lowest BCUT2D eigenvalue weighted by molar-refractivity contribution is 0.0435. The third-order valence-corrected chi connectivity index (χ3v) is 2.97. The topological polar surface area (TPSA) is 38.5 Å². The quantitative estimate of drug-likeness (QED) is 0.750. The van der Waals surface area contributed by atoms with E-state index in [0.717, 1.165) is 25.9 Å². The summed E-state index contributed by atoms with van der Waals surface area (Å²) >= 11 is 0. The summed E-state index contributed by atoms with van der Waals surface area (Å²) in [5.41, 5.74) is 2.56. The monoisotopic (exact) mass is 206 g/mol. The van der Waals surface area contributed by atoms with Crippen LogP contribution in [0, 0.1) is 6.92 Å². The van der Waals surface area contributed by atoms with Crippen LogP contribution in [0.1, 0.15) is 18.4 Å². The van der Waals surface area contributed by atoms with E-state index in [9.17, 15) is 0 Å². The Morgan fingerprint density at radius 3 is 2.73 bits per heavy atom. The summed E-state index contributed by atoms with van der Waals surface area (Å²) in [6, 6.07) is 8.60. The lowest BCUT2D eigenvalue weighted by Gasteiger charge is -2.33. The first kappa shape index (κ1) is 10.5. The fourth-order valence-corrected chi connectivity index (χ4v) is 2.04. The number of aryl methyl sites for hydroxylation is 1. The Balaban J connectivity index is 2.06. The van der Waals surface area contributed by atoms with Gasteiger partial charge in [0.2, 0.25) is 0 Å². The minimum atomic E-state index is 0.181. The van der Waals surface area contributed by atoms with Crippen molar-refractivity contribution in [1.82, 2.24) is 0 Å². The number of benzene rings is 1. The highest BCUT2D eigenvalue weighted by molar-refractivity contribution is 5.47. The molecule has 2 N–H and O–H groups in total. The van der Waals surface area contributed by atoms with Crippen LogP contribution >= 0.6 is 0 Å². The lowest BCUT2D eigenvalue weighted by Crippen LogP contribution is -2.40. The summed E-state index contributed by atoms with van der Waals surface area (Å²) < 4.78 is 0. The van der Waals surface area contributed by atoms with Gasteiger partial charge < -0.3 is 4.90 Å². The maximum Gasteiger partial charge on any atom is 0.0962 e. The zero-order valence-corrected chi connectivity index (χ0v) is 9.15. The van der Waals surface area contributed by atoms with Crippen LogP contribution in [0.15, 0.2) is 24.3 Å². The van der Waals surface area contributed by atoms with Gasteiger partial charge in [-0.25, -0.2) is 5.90 Å². The molecular weight excluding hydrogens is 188 g/mol. The van der Waals surface area contributed by atoms with Crippen LogP contribution in [0.5, 0.6) is 0 Å². The number of piperidine rings is 1. The number of hydrogen-bond donors (Lipinski definition) is 1. The van der Waals surface area contributed by atoms with Gasteiger partial charge in [0.05, 0.1) is 6.10 Å². The molecule has 1 aliphatic heterocycles. The first-order valence-electron chi connectivity index (χ1n) is 5.47. The van der Waals surface area contributed by atoms with Gasteiger partial charge in [-0.05, 0) is 31.9 Å². The standard InChI is InChI=1S/C12H18N2O/c1-10-4-6-11(7-5-10)14-8-2-3-12(9-14)15-13/h4-7,12H,2-3,8-9,13H2,1H3. The van der Waals surface area contributed by atoms with Gasteiger partial charge in [0.25, 0.3) is 0 Å². The van der Waals surface area contributed by atoms with E-state index in [1.807, 2.05) is 0 Å². The third-order valence-electron chi connectivity index (χ3n) is 2.97. The Kier molecular flexibility index (Phi) is 3.23. The Bertz CT molecular complexity index is 310. The lowest BCUT2D eigenvalue weighted by atomic mass is 10.1. The van der Waals surface area contributed by atoms with Crippen LogP contribution in [0.2, 0.25) is 0 Å². The van der Waals surface area contributed by atoms with E-state index in [0.29, 0.717) is 0 Å². The first-order valence-corrected chi connectivity index (χ1v) is 5.47. The van der Waals surface area contributed by atoms with Crippen LogP contribution in [-0.2, 0) is 4.84 Å². The Labute approximate surface area is 90.8 Å². The molecule has 15 heavy (non-hydrogen) atoms. The van der Waals surface area contributed by atoms with Crippen molar-refractivity contribution < 1.29 is 4.84 Å². The van der Waals surface area contributed by atoms with Crippen LogP contribution in [-0.4, -0.2) is 19.2 Å². The number of nitrogens with zero attached hydrogens (tertiary/aromatic N) is 1. The summed E-state index contributed by atoms with van der Waals surface area (Å²) in [5.74, 6) is 5.24. The van der Waals surface area contributed by atoms with Crippen molar-refractivity contribution in [3.05, 3.63) is 29.8 Å². The molecule has 3 nitrogen and oxygen atoms in total. The molecule has 82 valence electrons. The average Bonchev–Trinajstić information content (AvgIpc) is 2.30. The van der Waals surface area contributed by atoms with Gasteiger partial charge >= 0.3 is 0 Å². The van der Waals surface area contributed by atoms with Crippen molar-refractivity contribution in [3.63, 3.8) is 0 Å². The van der Waals surface area contributed by atoms with E-state index in [1.54, 1.807) is 0 Å². The van der Waals surface area contributed by atoms with Crippen LogP contribution in [0.25, 0.3) is 0 Å². The molecule has 1 aliphatic rings. The summed E-state index contributed by atoms with van der Waals surface area (Å²) in [6.07, 6.45) is 2.40. The number of nitrogens with two attached hydrogens (primary N) is 1. The van der Waals surface area contributed by atoms with Gasteiger partial charge in [-0.3, -0.25) is 4.84 Å². The predicted octanol–water partition coefficient (Wildman–Crippen LogP) is 1.85. The molecule has 0 spiro atoms. The minimum absolute atomic E-state index is 0.181. The van der Waals surface area contributed by atoms with Crippen molar-refractivity contribution in [2.75, 3.05) is 18.0 Å². The van der Waals surface area contributed by atoms with E-state index >= 15 is 0 Å². The number of rotatable bonds is 2. The largest absolute Gasteiger partial charge is 0.369 e. The van der Waals surface area contributed by atoms with Crippen LogP contribution in [0.3, 0.4) is 0 Å². The predicted molar refractivity (Wildman–Crippen MR) is 61.7 cm³/mol. The molecule has 0 bridgehead atoms. The van der Waals surface area contributed by atoms with Crippen LogP contribution in [0.4, 0.5) is 5.69 Å². The second kappa shape index (κ2) is 4.64. The zero-order chi connectivity index (χ0) is 10.7. The van der Waals surface area contributed by atoms with Crippen molar-refractivity contribution in [1.29, 1.82) is 0 Å². The molecule has 1 saturated heterocycles. The van der Waals surface area contributed by atoms with Gasteiger partial charge in [0.15, 0.2) is 0 Å². The summed E-state index contributed by atoms with van der Waals surface area (Å²) in [6.45, 7) is 4.11. The summed E-state index contributed by atoms with van der Waals surface area (Å²) in [5, 5.41) is 0. The van der Waals surface area contributed by atoms with Crippen molar-refractivity contribution >= 4 is 5.69 Å². The first-order chi connectivity index (χ1) is 7.29. The van der Waals surface area contributed by atoms with Crippen molar-refractivity contribution in [2.24, 2.45) is 5.90 Å². The fourth-order valence-electron chi connectivity index (χ4n) is 2.04. The van der Waals surface area contributed by atoms with E-state index in [4.69, 9.17) is 10.7 Å². The second-order valence-electron chi connectivity index (χ2n) is 4.18. The molecule has 0 radical (unpaired) electrons. The maximum atomic E-state index is 5.24. The molecule has 1 heterocycles. The normalized spacial score (nSPS) is 21.7. The highest BCUT2D eigenvalue weighted by Gasteiger charge is 2.19. The molecule has 1 aromatic carbocycles. The molecule has 1 atom stereocenters. The Hall–Kier alpha value is -1.06. The smallest absolute Gasteiger partial charge is 0.0962 e. The van der Waals surface area contributed by atoms with E-state index in [2.05, 4.69) is 36.1 Å². The maximum absolute atomic E-state index is 5.24. The van der Waals surface area contributed by atoms with Gasteiger partial charge in [-0.15, -0.1) is 0 Å². The van der Waals surface area contributed by atoms with Crippen LogP contribution < -0.4 is 10.8 Å². The van der Waals surface area contributed by atoms with E-state index in [-0.39, 0.29) is 6.10 Å². The Morgan fingerprint density at radius 1 is 1.33 bits per heavy atom.